The fourth-order valence-electron chi connectivity index (χ4n) is 5.14. The molecule has 4 aliphatic rings. The molecule has 1 aromatic rings. The summed E-state index contributed by atoms with van der Waals surface area (Å²) >= 11 is 1.29. The SMILES string of the molecule is Cc1nc(NC23CC4CC(CC(C4)C2)C3)sc1C(=O)O. The van der Waals surface area contributed by atoms with Crippen LogP contribution < -0.4 is 5.32 Å². The summed E-state index contributed by atoms with van der Waals surface area (Å²) in [5.41, 5.74) is 0.837. The maximum atomic E-state index is 11.1. The predicted octanol–water partition coefficient (Wildman–Crippen LogP) is 3.53. The molecule has 4 bridgehead atoms. The molecule has 0 aliphatic heterocycles. The Hall–Kier alpha value is -1.10. The van der Waals surface area contributed by atoms with Gasteiger partial charge in [-0.25, -0.2) is 9.78 Å². The summed E-state index contributed by atoms with van der Waals surface area (Å²) in [6, 6.07) is 0. The number of carbonyl (C=O) groups is 1. The molecule has 0 saturated heterocycles. The Balaban J connectivity index is 1.59. The third kappa shape index (κ3) is 1.94. The molecular formula is C15H20N2O2S. The monoisotopic (exact) mass is 292 g/mol. The lowest BCUT2D eigenvalue weighted by Gasteiger charge is -2.56. The van der Waals surface area contributed by atoms with E-state index in [4.69, 9.17) is 5.11 Å². The van der Waals surface area contributed by atoms with Gasteiger partial charge >= 0.3 is 5.97 Å². The molecule has 0 radical (unpaired) electrons. The summed E-state index contributed by atoms with van der Waals surface area (Å²) in [6.45, 7) is 1.78. The highest BCUT2D eigenvalue weighted by Crippen LogP contribution is 2.56. The zero-order valence-corrected chi connectivity index (χ0v) is 12.5. The Labute approximate surface area is 122 Å². The zero-order valence-electron chi connectivity index (χ0n) is 11.7. The van der Waals surface area contributed by atoms with Gasteiger partial charge in [-0.15, -0.1) is 0 Å². The minimum Gasteiger partial charge on any atom is -0.477 e. The van der Waals surface area contributed by atoms with Gasteiger partial charge in [-0.05, 0) is 63.2 Å². The van der Waals surface area contributed by atoms with Crippen LogP contribution in [0.5, 0.6) is 0 Å². The van der Waals surface area contributed by atoms with E-state index in [9.17, 15) is 4.79 Å². The van der Waals surface area contributed by atoms with E-state index in [1.807, 2.05) is 0 Å². The smallest absolute Gasteiger partial charge is 0.347 e. The van der Waals surface area contributed by atoms with Crippen LogP contribution in [0.25, 0.3) is 0 Å². The van der Waals surface area contributed by atoms with E-state index in [0.717, 1.165) is 22.9 Å². The predicted molar refractivity (Wildman–Crippen MR) is 78.3 cm³/mol. The number of rotatable bonds is 3. The maximum absolute atomic E-state index is 11.1. The molecule has 0 spiro atoms. The van der Waals surface area contributed by atoms with Crippen molar-refractivity contribution in [1.29, 1.82) is 0 Å². The van der Waals surface area contributed by atoms with Gasteiger partial charge in [-0.2, -0.15) is 0 Å². The molecule has 0 unspecified atom stereocenters. The van der Waals surface area contributed by atoms with Gasteiger partial charge in [-0.3, -0.25) is 0 Å². The lowest BCUT2D eigenvalue weighted by molar-refractivity contribution is 0.0107. The Morgan fingerprint density at radius 2 is 1.80 bits per heavy atom. The van der Waals surface area contributed by atoms with Crippen LogP contribution in [0.15, 0.2) is 0 Å². The Kier molecular flexibility index (Phi) is 2.65. The number of aromatic carboxylic acids is 1. The number of carboxylic acids is 1. The number of thiazole rings is 1. The van der Waals surface area contributed by atoms with Gasteiger partial charge in [0, 0.05) is 5.54 Å². The van der Waals surface area contributed by atoms with Crippen LogP contribution >= 0.6 is 11.3 Å². The van der Waals surface area contributed by atoms with E-state index in [0.29, 0.717) is 10.6 Å². The summed E-state index contributed by atoms with van der Waals surface area (Å²) in [5, 5.41) is 13.6. The van der Waals surface area contributed by atoms with Gasteiger partial charge in [0.25, 0.3) is 0 Å². The molecule has 4 fully saturated rings. The average molecular weight is 292 g/mol. The standard InChI is InChI=1S/C15H20N2O2S/c1-8-12(13(18)19)20-14(16-8)17-15-5-9-2-10(6-15)4-11(3-9)7-15/h9-11H,2-7H2,1H3,(H,16,17)(H,18,19). The van der Waals surface area contributed by atoms with E-state index in [1.54, 1.807) is 6.92 Å². The number of carboxylic acid groups (broad SMARTS) is 1. The Bertz CT molecular complexity index is 531. The van der Waals surface area contributed by atoms with Crippen LogP contribution in [0.3, 0.4) is 0 Å². The third-order valence-electron chi connectivity index (χ3n) is 5.40. The fourth-order valence-corrected chi connectivity index (χ4v) is 6.06. The van der Waals surface area contributed by atoms with E-state index in [1.165, 1.54) is 49.9 Å². The molecule has 5 rings (SSSR count). The first-order chi connectivity index (χ1) is 9.53. The second-order valence-corrected chi connectivity index (χ2v) is 8.06. The van der Waals surface area contributed by atoms with Crippen LogP contribution in [-0.4, -0.2) is 21.6 Å². The van der Waals surface area contributed by atoms with Crippen LogP contribution in [0, 0.1) is 24.7 Å². The summed E-state index contributed by atoms with van der Waals surface area (Å²) < 4.78 is 0. The van der Waals surface area contributed by atoms with Crippen molar-refractivity contribution >= 4 is 22.4 Å². The largest absolute Gasteiger partial charge is 0.477 e. The van der Waals surface area contributed by atoms with Crippen LogP contribution in [0.2, 0.25) is 0 Å². The quantitative estimate of drug-likeness (QED) is 0.894. The van der Waals surface area contributed by atoms with Gasteiger partial charge in [0.1, 0.15) is 4.88 Å². The van der Waals surface area contributed by atoms with Gasteiger partial charge in [-0.1, -0.05) is 11.3 Å². The van der Waals surface area contributed by atoms with Crippen molar-refractivity contribution in [3.05, 3.63) is 10.6 Å². The molecular weight excluding hydrogens is 272 g/mol. The van der Waals surface area contributed by atoms with E-state index in [-0.39, 0.29) is 5.54 Å². The molecule has 2 N–H and O–H groups in total. The van der Waals surface area contributed by atoms with Crippen LogP contribution in [-0.2, 0) is 0 Å². The van der Waals surface area contributed by atoms with Crippen LogP contribution in [0.1, 0.15) is 53.9 Å². The average Bonchev–Trinajstić information content (AvgIpc) is 2.67. The molecule has 4 nitrogen and oxygen atoms in total. The number of anilines is 1. The minimum atomic E-state index is -0.862. The first-order valence-corrected chi connectivity index (χ1v) is 8.33. The summed E-state index contributed by atoms with van der Waals surface area (Å²) in [6.07, 6.45) is 7.99. The second-order valence-electron chi connectivity index (χ2n) is 7.06. The first kappa shape index (κ1) is 12.6. The van der Waals surface area contributed by atoms with E-state index < -0.39 is 5.97 Å². The first-order valence-electron chi connectivity index (χ1n) is 7.52. The highest BCUT2D eigenvalue weighted by atomic mass is 32.1. The number of nitrogens with zero attached hydrogens (tertiary/aromatic N) is 1. The van der Waals surface area contributed by atoms with Crippen molar-refractivity contribution in [1.82, 2.24) is 4.98 Å². The number of hydrogen-bond donors (Lipinski definition) is 2. The molecule has 4 saturated carbocycles. The Morgan fingerprint density at radius 3 is 2.25 bits per heavy atom. The molecule has 1 aromatic heterocycles. The Morgan fingerprint density at radius 1 is 1.25 bits per heavy atom. The molecule has 0 atom stereocenters. The van der Waals surface area contributed by atoms with Gasteiger partial charge in [0.15, 0.2) is 5.13 Å². The molecule has 5 heteroatoms. The number of aryl methyl sites for hydroxylation is 1. The van der Waals surface area contributed by atoms with Gasteiger partial charge < -0.3 is 10.4 Å². The summed E-state index contributed by atoms with van der Waals surface area (Å²) in [7, 11) is 0. The van der Waals surface area contributed by atoms with Gasteiger partial charge in [0.2, 0.25) is 0 Å². The highest BCUT2D eigenvalue weighted by molar-refractivity contribution is 7.17. The fraction of sp³-hybridized carbons (Fsp3) is 0.733. The lowest BCUT2D eigenvalue weighted by Crippen LogP contribution is -2.54. The number of hydrogen-bond acceptors (Lipinski definition) is 4. The molecule has 0 aromatic carbocycles. The lowest BCUT2D eigenvalue weighted by atomic mass is 9.53. The zero-order chi connectivity index (χ0) is 13.9. The summed E-state index contributed by atoms with van der Waals surface area (Å²) in [5.74, 6) is 1.79. The van der Waals surface area contributed by atoms with Gasteiger partial charge in [0.05, 0.1) is 5.69 Å². The van der Waals surface area contributed by atoms with Crippen molar-refractivity contribution in [2.24, 2.45) is 17.8 Å². The van der Waals surface area contributed by atoms with E-state index >= 15 is 0 Å². The molecule has 20 heavy (non-hydrogen) atoms. The second kappa shape index (κ2) is 4.20. The van der Waals surface area contributed by atoms with E-state index in [2.05, 4.69) is 10.3 Å². The topological polar surface area (TPSA) is 62.2 Å². The number of aromatic nitrogens is 1. The molecule has 4 aliphatic carbocycles. The van der Waals surface area contributed by atoms with Crippen molar-refractivity contribution in [3.8, 4) is 0 Å². The van der Waals surface area contributed by atoms with Crippen molar-refractivity contribution in [2.75, 3.05) is 5.32 Å². The van der Waals surface area contributed by atoms with Crippen molar-refractivity contribution in [2.45, 2.75) is 51.0 Å². The molecule has 1 heterocycles. The third-order valence-corrected chi connectivity index (χ3v) is 6.46. The number of nitrogens with one attached hydrogen (secondary N) is 1. The highest BCUT2D eigenvalue weighted by Gasteiger charge is 2.51. The van der Waals surface area contributed by atoms with Crippen LogP contribution in [0.4, 0.5) is 5.13 Å². The normalized spacial score (nSPS) is 38.1. The molecule has 0 amide bonds. The van der Waals surface area contributed by atoms with Crippen molar-refractivity contribution < 1.29 is 9.90 Å². The van der Waals surface area contributed by atoms with Crippen molar-refractivity contribution in [3.63, 3.8) is 0 Å². The molecule has 108 valence electrons. The maximum Gasteiger partial charge on any atom is 0.347 e. The minimum absolute atomic E-state index is 0.203. The summed E-state index contributed by atoms with van der Waals surface area (Å²) in [4.78, 5) is 15.9.